The quantitative estimate of drug-likeness (QED) is 0.673. The van der Waals surface area contributed by atoms with Crippen LogP contribution in [0.5, 0.6) is 0 Å². The van der Waals surface area contributed by atoms with Crippen LogP contribution in [0.1, 0.15) is 17.2 Å². The van der Waals surface area contributed by atoms with Gasteiger partial charge in [0.1, 0.15) is 0 Å². The van der Waals surface area contributed by atoms with Gasteiger partial charge in [0.15, 0.2) is 0 Å². The molecule has 2 nitrogen and oxygen atoms in total. The Morgan fingerprint density at radius 2 is 1.85 bits per heavy atom. The first-order chi connectivity index (χ1) is 9.78. The van der Waals surface area contributed by atoms with Crippen LogP contribution in [0.2, 0.25) is 0 Å². The zero-order valence-electron chi connectivity index (χ0n) is 11.6. The molecule has 1 aliphatic rings. The van der Waals surface area contributed by atoms with Crippen LogP contribution in [-0.4, -0.2) is 28.8 Å². The second kappa shape index (κ2) is 6.00. The summed E-state index contributed by atoms with van der Waals surface area (Å²) in [5.41, 5.74) is 2.32. The molecule has 1 N–H and O–H groups in total. The van der Waals surface area contributed by atoms with Gasteiger partial charge in [-0.05, 0) is 29.5 Å². The number of thioether (sulfide) groups is 1. The Morgan fingerprint density at radius 3 is 2.50 bits per heavy atom. The van der Waals surface area contributed by atoms with E-state index in [0.717, 1.165) is 18.7 Å². The molecule has 2 aromatic rings. The van der Waals surface area contributed by atoms with Crippen LogP contribution in [-0.2, 0) is 6.54 Å². The first-order valence-electron chi connectivity index (χ1n) is 6.88. The lowest BCUT2D eigenvalue weighted by Gasteiger charge is -2.12. The molecule has 1 saturated heterocycles. The Bertz CT molecular complexity index is 555. The number of benzene rings is 2. The van der Waals surface area contributed by atoms with Crippen molar-refractivity contribution in [3.8, 4) is 0 Å². The van der Waals surface area contributed by atoms with Crippen molar-refractivity contribution in [1.29, 1.82) is 0 Å². The Hall–Kier alpha value is -1.29. The van der Waals surface area contributed by atoms with Crippen LogP contribution in [0, 0.1) is 0 Å². The molecule has 2 aromatic carbocycles. The lowest BCUT2D eigenvalue weighted by atomic mass is 10.1. The number of hydrogen-bond donors (Lipinski definition) is 1. The summed E-state index contributed by atoms with van der Waals surface area (Å²) >= 11 is 1.72. The number of hydrogen-bond acceptors (Lipinski definition) is 3. The van der Waals surface area contributed by atoms with Crippen LogP contribution in [0.3, 0.4) is 0 Å². The van der Waals surface area contributed by atoms with Crippen molar-refractivity contribution in [3.63, 3.8) is 0 Å². The highest BCUT2D eigenvalue weighted by Crippen LogP contribution is 2.33. The minimum Gasteiger partial charge on any atom is -0.387 e. The molecular formula is C17H19NOS. The van der Waals surface area contributed by atoms with Gasteiger partial charge in [0.05, 0.1) is 12.1 Å². The minimum absolute atomic E-state index is 0.260. The average Bonchev–Trinajstić information content (AvgIpc) is 3.27. The fourth-order valence-electron chi connectivity index (χ4n) is 2.52. The monoisotopic (exact) mass is 285 g/mol. The molecule has 3 heteroatoms. The highest BCUT2D eigenvalue weighted by atomic mass is 32.2. The predicted molar refractivity (Wildman–Crippen MR) is 83.8 cm³/mol. The summed E-state index contributed by atoms with van der Waals surface area (Å²) in [5.74, 6) is 0. The zero-order valence-corrected chi connectivity index (χ0v) is 12.4. The third-order valence-corrected chi connectivity index (χ3v) is 4.55. The molecule has 0 spiro atoms. The molecule has 0 bridgehead atoms. The van der Waals surface area contributed by atoms with Crippen LogP contribution < -0.4 is 0 Å². The highest BCUT2D eigenvalue weighted by molar-refractivity contribution is 7.98. The van der Waals surface area contributed by atoms with Gasteiger partial charge in [-0.2, -0.15) is 0 Å². The largest absolute Gasteiger partial charge is 0.387 e. The van der Waals surface area contributed by atoms with E-state index in [-0.39, 0.29) is 12.1 Å². The van der Waals surface area contributed by atoms with Crippen LogP contribution in [0.15, 0.2) is 59.5 Å². The van der Waals surface area contributed by atoms with E-state index in [1.807, 2.05) is 18.2 Å². The molecule has 3 rings (SSSR count). The summed E-state index contributed by atoms with van der Waals surface area (Å²) in [4.78, 5) is 3.54. The van der Waals surface area contributed by atoms with Gasteiger partial charge < -0.3 is 5.11 Å². The van der Waals surface area contributed by atoms with Crippen molar-refractivity contribution >= 4 is 11.8 Å². The van der Waals surface area contributed by atoms with E-state index in [2.05, 4.69) is 47.6 Å². The maximum Gasteiger partial charge on any atom is 0.0957 e. The lowest BCUT2D eigenvalue weighted by Crippen LogP contribution is -2.11. The number of nitrogens with zero attached hydrogens (tertiary/aromatic N) is 1. The van der Waals surface area contributed by atoms with Gasteiger partial charge in [0.2, 0.25) is 0 Å². The number of rotatable bonds is 5. The van der Waals surface area contributed by atoms with E-state index >= 15 is 0 Å². The number of aliphatic hydroxyl groups excluding tert-OH is 1. The second-order valence-corrected chi connectivity index (χ2v) is 6.08. The molecule has 1 heterocycles. The second-order valence-electron chi connectivity index (χ2n) is 5.20. The molecule has 20 heavy (non-hydrogen) atoms. The molecule has 0 aliphatic carbocycles. The third-order valence-electron chi connectivity index (χ3n) is 3.81. The average molecular weight is 285 g/mol. The van der Waals surface area contributed by atoms with Gasteiger partial charge in [0, 0.05) is 18.0 Å². The Morgan fingerprint density at radius 1 is 1.15 bits per heavy atom. The van der Waals surface area contributed by atoms with Gasteiger partial charge in [-0.3, -0.25) is 4.90 Å². The van der Waals surface area contributed by atoms with E-state index in [1.54, 1.807) is 11.8 Å². The summed E-state index contributed by atoms with van der Waals surface area (Å²) in [6.07, 6.45) is 1.68. The van der Waals surface area contributed by atoms with Crippen molar-refractivity contribution in [2.24, 2.45) is 0 Å². The van der Waals surface area contributed by atoms with Crippen molar-refractivity contribution in [2.45, 2.75) is 23.6 Å². The van der Waals surface area contributed by atoms with Gasteiger partial charge in [-0.1, -0.05) is 42.5 Å². The van der Waals surface area contributed by atoms with E-state index in [9.17, 15) is 5.11 Å². The van der Waals surface area contributed by atoms with Crippen LogP contribution in [0.4, 0.5) is 0 Å². The van der Waals surface area contributed by atoms with Crippen molar-refractivity contribution in [2.75, 3.05) is 12.8 Å². The van der Waals surface area contributed by atoms with E-state index < -0.39 is 0 Å². The predicted octanol–water partition coefficient (Wildman–Crippen LogP) is 3.33. The topological polar surface area (TPSA) is 23.2 Å². The van der Waals surface area contributed by atoms with Crippen molar-refractivity contribution < 1.29 is 5.11 Å². The Balaban J connectivity index is 1.60. The van der Waals surface area contributed by atoms with Gasteiger partial charge in [-0.15, -0.1) is 11.8 Å². The molecule has 0 aromatic heterocycles. The first-order valence-corrected chi connectivity index (χ1v) is 8.10. The smallest absolute Gasteiger partial charge is 0.0957 e. The van der Waals surface area contributed by atoms with E-state index in [0.29, 0.717) is 0 Å². The van der Waals surface area contributed by atoms with Crippen LogP contribution >= 0.6 is 11.8 Å². The maximum atomic E-state index is 10.4. The van der Waals surface area contributed by atoms with E-state index in [1.165, 1.54) is 10.5 Å². The third kappa shape index (κ3) is 3.06. The maximum absolute atomic E-state index is 10.4. The molecule has 1 fully saturated rings. The van der Waals surface area contributed by atoms with Crippen molar-refractivity contribution in [1.82, 2.24) is 4.90 Å². The zero-order chi connectivity index (χ0) is 13.9. The molecular weight excluding hydrogens is 266 g/mol. The Labute approximate surface area is 124 Å². The minimum atomic E-state index is -0.380. The molecule has 104 valence electrons. The van der Waals surface area contributed by atoms with Crippen molar-refractivity contribution in [3.05, 3.63) is 65.7 Å². The summed E-state index contributed by atoms with van der Waals surface area (Å²) in [5, 5.41) is 10.4. The summed E-state index contributed by atoms with van der Waals surface area (Å²) in [6.45, 7) is 1.89. The molecule has 3 atom stereocenters. The molecule has 0 amide bonds. The fourth-order valence-corrected chi connectivity index (χ4v) is 2.92. The number of aliphatic hydroxyl groups is 1. The lowest BCUT2D eigenvalue weighted by molar-refractivity contribution is 0.157. The molecule has 3 unspecified atom stereocenters. The molecule has 0 saturated carbocycles. The summed E-state index contributed by atoms with van der Waals surface area (Å²) in [6, 6.07) is 18.9. The Kier molecular flexibility index (Phi) is 4.10. The molecule has 0 radical (unpaired) electrons. The van der Waals surface area contributed by atoms with Gasteiger partial charge in [-0.25, -0.2) is 0 Å². The SMILES string of the molecule is CSc1ccc(C(O)C2CN2Cc2ccccc2)cc1. The van der Waals surface area contributed by atoms with Gasteiger partial charge >= 0.3 is 0 Å². The first kappa shape index (κ1) is 13.7. The van der Waals surface area contributed by atoms with Gasteiger partial charge in [0.25, 0.3) is 0 Å². The molecule has 1 aliphatic heterocycles. The summed E-state index contributed by atoms with van der Waals surface area (Å²) < 4.78 is 0. The van der Waals surface area contributed by atoms with E-state index in [4.69, 9.17) is 0 Å². The van der Waals surface area contributed by atoms with Crippen LogP contribution in [0.25, 0.3) is 0 Å². The normalized spacial score (nSPS) is 22.5. The summed E-state index contributed by atoms with van der Waals surface area (Å²) in [7, 11) is 0. The highest BCUT2D eigenvalue weighted by Gasteiger charge is 2.40. The fraction of sp³-hybridized carbons (Fsp3) is 0.294. The standard InChI is InChI=1S/C17H19NOS/c1-20-15-9-7-14(8-10-15)17(19)16-12-18(16)11-13-5-3-2-4-6-13/h2-10,16-17,19H,11-12H2,1H3.